The largest absolute Gasteiger partial charge is 0.393 e. The molecule has 1 aliphatic carbocycles. The number of amides is 1. The minimum atomic E-state index is -0.375. The van der Waals surface area contributed by atoms with Crippen LogP contribution in [0.1, 0.15) is 46.0 Å². The van der Waals surface area contributed by atoms with Crippen molar-refractivity contribution in [2.75, 3.05) is 6.54 Å². The third-order valence-electron chi connectivity index (χ3n) is 3.06. The number of carbonyl (C=O) groups is 1. The van der Waals surface area contributed by atoms with E-state index < -0.39 is 0 Å². The lowest BCUT2D eigenvalue weighted by Gasteiger charge is -2.38. The molecule has 0 saturated heterocycles. The Balaban J connectivity index is 2.08. The van der Waals surface area contributed by atoms with Crippen LogP contribution in [0.25, 0.3) is 0 Å². The zero-order chi connectivity index (χ0) is 10.6. The second-order valence-electron chi connectivity index (χ2n) is 4.83. The van der Waals surface area contributed by atoms with E-state index in [-0.39, 0.29) is 12.0 Å². The van der Waals surface area contributed by atoms with Crippen molar-refractivity contribution in [2.24, 2.45) is 5.41 Å². The van der Waals surface area contributed by atoms with Gasteiger partial charge in [-0.1, -0.05) is 13.3 Å². The van der Waals surface area contributed by atoms with Gasteiger partial charge < -0.3 is 10.4 Å². The Morgan fingerprint density at radius 1 is 1.57 bits per heavy atom. The van der Waals surface area contributed by atoms with E-state index in [0.29, 0.717) is 18.3 Å². The first kappa shape index (κ1) is 11.5. The molecule has 1 unspecified atom stereocenters. The highest BCUT2D eigenvalue weighted by Crippen LogP contribution is 2.39. The Bertz CT molecular complexity index is 197. The molecule has 3 nitrogen and oxygen atoms in total. The predicted octanol–water partition coefficient (Wildman–Crippen LogP) is 1.45. The fourth-order valence-electron chi connectivity index (χ4n) is 1.70. The van der Waals surface area contributed by atoms with Gasteiger partial charge in [0.1, 0.15) is 0 Å². The lowest BCUT2D eigenvalue weighted by molar-refractivity contribution is -0.122. The number of nitrogens with one attached hydrogen (secondary N) is 1. The van der Waals surface area contributed by atoms with Crippen molar-refractivity contribution >= 4 is 5.91 Å². The van der Waals surface area contributed by atoms with Crippen molar-refractivity contribution in [1.82, 2.24) is 5.32 Å². The number of aliphatic hydroxyl groups excluding tert-OH is 1. The first-order valence-corrected chi connectivity index (χ1v) is 5.47. The third-order valence-corrected chi connectivity index (χ3v) is 3.06. The molecule has 0 aromatic heterocycles. The highest BCUT2D eigenvalue weighted by atomic mass is 16.3. The molecule has 1 rings (SSSR count). The number of aliphatic hydroxyl groups is 1. The maximum Gasteiger partial charge on any atom is 0.220 e. The molecule has 1 aliphatic rings. The monoisotopic (exact) mass is 199 g/mol. The van der Waals surface area contributed by atoms with E-state index in [1.807, 2.05) is 0 Å². The van der Waals surface area contributed by atoms with Crippen molar-refractivity contribution in [3.05, 3.63) is 0 Å². The van der Waals surface area contributed by atoms with Crippen LogP contribution in [-0.4, -0.2) is 23.7 Å². The first-order valence-electron chi connectivity index (χ1n) is 5.47. The number of rotatable bonds is 5. The van der Waals surface area contributed by atoms with Gasteiger partial charge >= 0.3 is 0 Å². The SMILES string of the molecule is CC(O)CCC(=O)NCC1(C)CCC1. The molecular weight excluding hydrogens is 178 g/mol. The molecule has 0 aromatic carbocycles. The molecule has 82 valence electrons. The molecule has 1 atom stereocenters. The summed E-state index contributed by atoms with van der Waals surface area (Å²) in [5, 5.41) is 11.9. The number of hydrogen-bond acceptors (Lipinski definition) is 2. The van der Waals surface area contributed by atoms with Gasteiger partial charge in [-0.25, -0.2) is 0 Å². The van der Waals surface area contributed by atoms with Gasteiger partial charge in [-0.05, 0) is 31.6 Å². The zero-order valence-corrected chi connectivity index (χ0v) is 9.18. The van der Waals surface area contributed by atoms with Crippen LogP contribution in [0.4, 0.5) is 0 Å². The quantitative estimate of drug-likeness (QED) is 0.704. The van der Waals surface area contributed by atoms with Gasteiger partial charge in [-0.2, -0.15) is 0 Å². The van der Waals surface area contributed by atoms with Gasteiger partial charge in [-0.15, -0.1) is 0 Å². The van der Waals surface area contributed by atoms with E-state index in [1.54, 1.807) is 6.92 Å². The average Bonchev–Trinajstić information content (AvgIpc) is 2.08. The minimum absolute atomic E-state index is 0.0685. The Morgan fingerprint density at radius 3 is 2.64 bits per heavy atom. The van der Waals surface area contributed by atoms with Crippen LogP contribution in [0.5, 0.6) is 0 Å². The second-order valence-corrected chi connectivity index (χ2v) is 4.83. The highest BCUT2D eigenvalue weighted by Gasteiger charge is 2.31. The molecule has 0 aromatic rings. The molecule has 2 N–H and O–H groups in total. The summed E-state index contributed by atoms with van der Waals surface area (Å²) in [7, 11) is 0. The molecule has 1 amide bonds. The van der Waals surface area contributed by atoms with E-state index in [0.717, 1.165) is 6.54 Å². The third kappa shape index (κ3) is 3.66. The molecular formula is C11H21NO2. The summed E-state index contributed by atoms with van der Waals surface area (Å²) in [5.74, 6) is 0.0685. The van der Waals surface area contributed by atoms with Gasteiger partial charge in [0.25, 0.3) is 0 Å². The van der Waals surface area contributed by atoms with Gasteiger partial charge in [0, 0.05) is 13.0 Å². The summed E-state index contributed by atoms with van der Waals surface area (Å²) < 4.78 is 0. The van der Waals surface area contributed by atoms with E-state index in [9.17, 15) is 4.79 Å². The summed E-state index contributed by atoms with van der Waals surface area (Å²) >= 11 is 0. The van der Waals surface area contributed by atoms with Crippen LogP contribution < -0.4 is 5.32 Å². The summed E-state index contributed by atoms with van der Waals surface area (Å²) in [5.41, 5.74) is 0.348. The molecule has 0 spiro atoms. The van der Waals surface area contributed by atoms with Gasteiger partial charge in [0.05, 0.1) is 6.10 Å². The normalized spacial score (nSPS) is 21.1. The van der Waals surface area contributed by atoms with Crippen molar-refractivity contribution in [1.29, 1.82) is 0 Å². The lowest BCUT2D eigenvalue weighted by Crippen LogP contribution is -2.40. The van der Waals surface area contributed by atoms with Crippen LogP contribution in [0.2, 0.25) is 0 Å². The molecule has 0 aliphatic heterocycles. The predicted molar refractivity (Wildman–Crippen MR) is 55.9 cm³/mol. The van der Waals surface area contributed by atoms with Crippen molar-refractivity contribution in [2.45, 2.75) is 52.1 Å². The minimum Gasteiger partial charge on any atom is -0.393 e. The molecule has 1 saturated carbocycles. The van der Waals surface area contributed by atoms with Crippen LogP contribution in [0, 0.1) is 5.41 Å². The standard InChI is InChI=1S/C11H21NO2/c1-9(13)4-5-10(14)12-8-11(2)6-3-7-11/h9,13H,3-8H2,1-2H3,(H,12,14). The Morgan fingerprint density at radius 2 is 2.21 bits per heavy atom. The second kappa shape index (κ2) is 4.78. The maximum absolute atomic E-state index is 11.3. The topological polar surface area (TPSA) is 49.3 Å². The first-order chi connectivity index (χ1) is 6.52. The van der Waals surface area contributed by atoms with Crippen LogP contribution in [0.15, 0.2) is 0 Å². The zero-order valence-electron chi connectivity index (χ0n) is 9.18. The fourth-order valence-corrected chi connectivity index (χ4v) is 1.70. The van der Waals surface area contributed by atoms with Gasteiger partial charge in [0.15, 0.2) is 0 Å². The average molecular weight is 199 g/mol. The van der Waals surface area contributed by atoms with Crippen molar-refractivity contribution < 1.29 is 9.90 Å². The van der Waals surface area contributed by atoms with Crippen molar-refractivity contribution in [3.8, 4) is 0 Å². The summed E-state index contributed by atoms with van der Waals surface area (Å²) in [6.07, 6.45) is 4.36. The summed E-state index contributed by atoms with van der Waals surface area (Å²) in [6.45, 7) is 4.72. The van der Waals surface area contributed by atoms with E-state index in [1.165, 1.54) is 19.3 Å². The molecule has 0 heterocycles. The van der Waals surface area contributed by atoms with E-state index >= 15 is 0 Å². The van der Waals surface area contributed by atoms with E-state index in [4.69, 9.17) is 5.11 Å². The molecule has 0 radical (unpaired) electrons. The van der Waals surface area contributed by atoms with Crippen molar-refractivity contribution in [3.63, 3.8) is 0 Å². The molecule has 1 fully saturated rings. The maximum atomic E-state index is 11.3. The van der Waals surface area contributed by atoms with Gasteiger partial charge in [-0.3, -0.25) is 4.79 Å². The molecule has 14 heavy (non-hydrogen) atoms. The summed E-state index contributed by atoms with van der Waals surface area (Å²) in [6, 6.07) is 0. The van der Waals surface area contributed by atoms with Gasteiger partial charge in [0.2, 0.25) is 5.91 Å². The van der Waals surface area contributed by atoms with Crippen LogP contribution in [-0.2, 0) is 4.79 Å². The van der Waals surface area contributed by atoms with Crippen LogP contribution >= 0.6 is 0 Å². The Labute approximate surface area is 85.9 Å². The smallest absolute Gasteiger partial charge is 0.220 e. The number of carbonyl (C=O) groups excluding carboxylic acids is 1. The summed E-state index contributed by atoms with van der Waals surface area (Å²) in [4.78, 5) is 11.3. The van der Waals surface area contributed by atoms with Crippen LogP contribution in [0.3, 0.4) is 0 Å². The molecule has 3 heteroatoms. The van der Waals surface area contributed by atoms with E-state index in [2.05, 4.69) is 12.2 Å². The highest BCUT2D eigenvalue weighted by molar-refractivity contribution is 5.75. The lowest BCUT2D eigenvalue weighted by atomic mass is 9.70. The Hall–Kier alpha value is -0.570. The Kier molecular flexibility index (Phi) is 3.93. The number of hydrogen-bond donors (Lipinski definition) is 2. The molecule has 0 bridgehead atoms. The fraction of sp³-hybridized carbons (Fsp3) is 0.909.